The average Bonchev–Trinajstić information content (AvgIpc) is 3.88. The van der Waals surface area contributed by atoms with Crippen LogP contribution in [0.3, 0.4) is 0 Å². The summed E-state index contributed by atoms with van der Waals surface area (Å²) in [6, 6.07) is 58.7. The Kier molecular flexibility index (Phi) is 10.1. The van der Waals surface area contributed by atoms with E-state index in [1.54, 1.807) is 18.2 Å². The molecule has 6 heteroatoms. The van der Waals surface area contributed by atoms with Gasteiger partial charge in [0.25, 0.3) is 0 Å². The van der Waals surface area contributed by atoms with Gasteiger partial charge in [-0.3, -0.25) is 0 Å². The van der Waals surface area contributed by atoms with E-state index in [9.17, 15) is 0 Å². The van der Waals surface area contributed by atoms with Crippen LogP contribution in [0.25, 0.3) is 49.9 Å². The molecule has 10 rings (SSSR count). The molecule has 0 spiro atoms. The summed E-state index contributed by atoms with van der Waals surface area (Å²) >= 11 is 0. The van der Waals surface area contributed by atoms with Gasteiger partial charge in [0, 0.05) is 58.1 Å². The van der Waals surface area contributed by atoms with Crippen LogP contribution >= 0.6 is 0 Å². The predicted octanol–water partition coefficient (Wildman–Crippen LogP) is 14.3. The smallest absolute Gasteiger partial charge is 0.135 e. The van der Waals surface area contributed by atoms with Crippen LogP contribution in [-0.4, -0.2) is 16.1 Å². The van der Waals surface area contributed by atoms with E-state index in [1.807, 2.05) is 108 Å². The topological polar surface area (TPSA) is 33.5 Å². The molecule has 0 saturated carbocycles. The fourth-order valence-electron chi connectivity index (χ4n) is 8.79. The van der Waals surface area contributed by atoms with Gasteiger partial charge in [-0.1, -0.05) is 123 Å². The van der Waals surface area contributed by atoms with E-state index in [0.717, 1.165) is 72.4 Å². The Morgan fingerprint density at radius 1 is 0.703 bits per heavy atom. The molecule has 1 aliphatic heterocycles. The van der Waals surface area contributed by atoms with E-state index in [1.165, 1.54) is 5.56 Å². The molecule has 0 amide bonds. The number of aromatic nitrogens is 2. The number of ether oxygens (including phenoxy) is 1. The van der Waals surface area contributed by atoms with Crippen molar-refractivity contribution < 1.29 is 34.0 Å². The van der Waals surface area contributed by atoms with Crippen molar-refractivity contribution in [3.63, 3.8) is 0 Å². The molecule has 9 aromatic rings. The summed E-state index contributed by atoms with van der Waals surface area (Å²) in [5.74, 6) is 1.40. The summed E-state index contributed by atoms with van der Waals surface area (Å²) in [6.07, 6.45) is 2.87. The van der Waals surface area contributed by atoms with Crippen molar-refractivity contribution in [1.29, 1.82) is 0 Å². The van der Waals surface area contributed by atoms with Crippen molar-refractivity contribution in [2.75, 3.05) is 16.3 Å². The molecule has 7 aromatic carbocycles. The van der Waals surface area contributed by atoms with Gasteiger partial charge in [0.15, 0.2) is 0 Å². The molecule has 0 N–H and O–H groups in total. The standard InChI is InChI=1S/C58H51N4O.Pt/c1-40-16-11-25-50(45-22-14-21-44(35-45)43-19-7-6-8-20-43)49(40)26-15-33-60-39-61(54-28-12-17-41(2)57(54)60)47-23-13-18-42(34-47)38-63-48-29-30-52-51-24-9-10-27-53(51)62(55(52)37-48)56-36-46(31-32-59-56)58(3,4)5;/h6-14,16-25,27-32,35-36,39H,15,26,33,38H2,1-5H3;/q-3;/i1D3,2D3;. The number of fused-ring (bicyclic) bond motifs is 4. The van der Waals surface area contributed by atoms with Crippen molar-refractivity contribution in [3.05, 3.63) is 211 Å². The third-order valence-electron chi connectivity index (χ3n) is 12.0. The number of aryl methyl sites for hydroxylation is 2. The first-order valence-electron chi connectivity index (χ1n) is 24.5. The van der Waals surface area contributed by atoms with Crippen LogP contribution < -0.4 is 14.5 Å². The van der Waals surface area contributed by atoms with Gasteiger partial charge in [0.05, 0.1) is 6.61 Å². The minimum absolute atomic E-state index is 0. The zero-order valence-corrected chi connectivity index (χ0v) is 38.3. The molecule has 5 nitrogen and oxygen atoms in total. The van der Waals surface area contributed by atoms with Gasteiger partial charge in [-0.25, -0.2) is 4.98 Å². The summed E-state index contributed by atoms with van der Waals surface area (Å²) in [7, 11) is 0. The van der Waals surface area contributed by atoms with Crippen molar-refractivity contribution >= 4 is 38.9 Å². The van der Waals surface area contributed by atoms with E-state index >= 15 is 0 Å². The molecule has 322 valence electrons. The van der Waals surface area contributed by atoms with Crippen LogP contribution in [0.15, 0.2) is 164 Å². The first kappa shape index (κ1) is 36.0. The number of benzene rings is 7. The molecule has 0 fully saturated rings. The summed E-state index contributed by atoms with van der Waals surface area (Å²) in [5.41, 5.74) is 11.1. The predicted molar refractivity (Wildman–Crippen MR) is 261 cm³/mol. The summed E-state index contributed by atoms with van der Waals surface area (Å²) in [4.78, 5) is 8.77. The van der Waals surface area contributed by atoms with Gasteiger partial charge in [-0.2, -0.15) is 37.0 Å². The van der Waals surface area contributed by atoms with Gasteiger partial charge in [0.1, 0.15) is 5.82 Å². The first-order valence-corrected chi connectivity index (χ1v) is 21.5. The molecule has 3 heterocycles. The van der Waals surface area contributed by atoms with Crippen LogP contribution in [0.1, 0.15) is 63.2 Å². The van der Waals surface area contributed by atoms with Gasteiger partial charge in [-0.15, -0.1) is 28.8 Å². The number of anilines is 3. The van der Waals surface area contributed by atoms with Crippen molar-refractivity contribution in [3.8, 4) is 33.8 Å². The van der Waals surface area contributed by atoms with Gasteiger partial charge >= 0.3 is 0 Å². The summed E-state index contributed by atoms with van der Waals surface area (Å²) in [6.45, 7) is 4.46. The minimum Gasteiger partial charge on any atom is -0.517 e. The molecule has 0 radical (unpaired) electrons. The monoisotopic (exact) mass is 1020 g/mol. The normalized spacial score (nSPS) is 14.2. The molecule has 0 unspecified atom stereocenters. The third-order valence-corrected chi connectivity index (χ3v) is 12.0. The van der Waals surface area contributed by atoms with Crippen LogP contribution in [-0.2, 0) is 39.5 Å². The fraction of sp³-hybridized carbons (Fsp3) is 0.172. The quantitative estimate of drug-likeness (QED) is 0.121. The molecule has 0 bridgehead atoms. The molecule has 0 saturated heterocycles. The Balaban J connectivity index is 0.00000608. The second-order valence-corrected chi connectivity index (χ2v) is 17.2. The average molecular weight is 1020 g/mol. The van der Waals surface area contributed by atoms with Crippen molar-refractivity contribution in [2.45, 2.75) is 59.3 Å². The second-order valence-electron chi connectivity index (χ2n) is 17.2. The Labute approximate surface area is 400 Å². The molecule has 2 aromatic heterocycles. The zero-order chi connectivity index (χ0) is 48.1. The van der Waals surface area contributed by atoms with Gasteiger partial charge in [0.2, 0.25) is 0 Å². The number of pyridine rings is 1. The number of para-hydroxylation sites is 2. The maximum Gasteiger partial charge on any atom is 0.135 e. The van der Waals surface area contributed by atoms with Crippen LogP contribution in [0.4, 0.5) is 17.1 Å². The fourth-order valence-corrected chi connectivity index (χ4v) is 8.79. The van der Waals surface area contributed by atoms with E-state index in [0.29, 0.717) is 36.4 Å². The van der Waals surface area contributed by atoms with Crippen LogP contribution in [0.5, 0.6) is 5.75 Å². The third kappa shape index (κ3) is 8.38. The Hall–Kier alpha value is -6.42. The maximum atomic E-state index is 8.54. The van der Waals surface area contributed by atoms with Crippen molar-refractivity contribution in [1.82, 2.24) is 9.55 Å². The van der Waals surface area contributed by atoms with E-state index < -0.39 is 13.7 Å². The molecule has 0 atom stereocenters. The SMILES string of the molecule is [2H]C([2H])([2H])c1cccc(-c2cccc(-c3ccccc3)c2)c1CCCN1[CH-]N(c2[c-]c(COc3[c-]c4c(cc3)c3ccccc3n4-c3cc(C(C)(C)C)ccn3)ccc2)c2cccc(C([2H])([2H])[2H])c21.[Pt]. The van der Waals surface area contributed by atoms with E-state index in [-0.39, 0.29) is 38.7 Å². The van der Waals surface area contributed by atoms with Gasteiger partial charge < -0.3 is 19.1 Å². The van der Waals surface area contributed by atoms with E-state index in [4.69, 9.17) is 17.9 Å². The largest absolute Gasteiger partial charge is 0.517 e. The minimum atomic E-state index is -2.38. The van der Waals surface area contributed by atoms with Crippen LogP contribution in [0.2, 0.25) is 0 Å². The van der Waals surface area contributed by atoms with Crippen molar-refractivity contribution in [2.24, 2.45) is 0 Å². The summed E-state index contributed by atoms with van der Waals surface area (Å²) < 4.78 is 59.8. The number of nitrogens with zero attached hydrogens (tertiary/aromatic N) is 4. The number of hydrogen-bond acceptors (Lipinski definition) is 4. The van der Waals surface area contributed by atoms with E-state index in [2.05, 4.69) is 92.1 Å². The first-order chi connectivity index (χ1) is 33.1. The molecular formula is C58H51N4OPt-3. The Morgan fingerprint density at radius 3 is 2.33 bits per heavy atom. The Bertz CT molecular complexity index is 3340. The summed E-state index contributed by atoms with van der Waals surface area (Å²) in [5, 5.41) is 2.15. The molecule has 64 heavy (non-hydrogen) atoms. The number of rotatable bonds is 11. The second kappa shape index (κ2) is 18.0. The molecule has 1 aliphatic rings. The Morgan fingerprint density at radius 2 is 1.47 bits per heavy atom. The zero-order valence-electron chi connectivity index (χ0n) is 42.0. The maximum absolute atomic E-state index is 8.54. The van der Waals surface area contributed by atoms with Gasteiger partial charge in [-0.05, 0) is 119 Å². The number of hydrogen-bond donors (Lipinski definition) is 0. The molecular weight excluding hydrogens is 964 g/mol. The van der Waals surface area contributed by atoms with Crippen LogP contribution in [0, 0.1) is 32.5 Å². The molecule has 0 aliphatic carbocycles.